The van der Waals surface area contributed by atoms with E-state index in [0.29, 0.717) is 18.7 Å². The minimum absolute atomic E-state index is 0.0422. The molecular weight excluding hydrogens is 404 g/mol. The molecule has 0 unspecified atom stereocenters. The molecule has 7 nitrogen and oxygen atoms in total. The summed E-state index contributed by atoms with van der Waals surface area (Å²) in [6.07, 6.45) is 1.59. The lowest BCUT2D eigenvalue weighted by Gasteiger charge is -2.36. The summed E-state index contributed by atoms with van der Waals surface area (Å²) in [7, 11) is 1.71. The number of benzene rings is 2. The lowest BCUT2D eigenvalue weighted by Crippen LogP contribution is -2.50. The predicted octanol–water partition coefficient (Wildman–Crippen LogP) is 2.24. The lowest BCUT2D eigenvalue weighted by molar-refractivity contribution is -0.124. The molecule has 2 aliphatic rings. The van der Waals surface area contributed by atoms with Gasteiger partial charge in [0.15, 0.2) is 0 Å². The number of ether oxygens (including phenoxy) is 1. The second kappa shape index (κ2) is 10.5. The summed E-state index contributed by atoms with van der Waals surface area (Å²) >= 11 is 0. The Morgan fingerprint density at radius 3 is 2.44 bits per heavy atom. The molecule has 170 valence electrons. The molecule has 2 amide bonds. The van der Waals surface area contributed by atoms with Gasteiger partial charge >= 0.3 is 0 Å². The number of nitrogens with one attached hydrogen (secondary N) is 1. The highest BCUT2D eigenvalue weighted by Gasteiger charge is 2.34. The summed E-state index contributed by atoms with van der Waals surface area (Å²) in [5, 5.41) is 3.06. The van der Waals surface area contributed by atoms with Crippen molar-refractivity contribution in [3.63, 3.8) is 0 Å². The molecular formula is C25H32N4O3. The average molecular weight is 437 g/mol. The van der Waals surface area contributed by atoms with E-state index in [0.717, 1.165) is 57.0 Å². The fourth-order valence-electron chi connectivity index (χ4n) is 4.59. The van der Waals surface area contributed by atoms with Crippen molar-refractivity contribution in [1.29, 1.82) is 0 Å². The molecule has 0 bridgehead atoms. The first-order valence-electron chi connectivity index (χ1n) is 11.4. The molecule has 0 aromatic heterocycles. The van der Waals surface area contributed by atoms with Crippen LogP contribution >= 0.6 is 0 Å². The average Bonchev–Trinajstić information content (AvgIpc) is 3.34. The number of hydrogen-bond acceptors (Lipinski definition) is 5. The van der Waals surface area contributed by atoms with Gasteiger partial charge in [-0.3, -0.25) is 14.5 Å². The van der Waals surface area contributed by atoms with Gasteiger partial charge in [-0.05, 0) is 37.1 Å². The van der Waals surface area contributed by atoms with Gasteiger partial charge < -0.3 is 19.9 Å². The van der Waals surface area contributed by atoms with Gasteiger partial charge in [0.05, 0.1) is 12.8 Å². The van der Waals surface area contributed by atoms with Gasteiger partial charge in [0.1, 0.15) is 11.8 Å². The molecule has 7 heteroatoms. The van der Waals surface area contributed by atoms with Crippen molar-refractivity contribution >= 4 is 17.5 Å². The fourth-order valence-corrected chi connectivity index (χ4v) is 4.59. The third-order valence-electron chi connectivity index (χ3n) is 6.36. The Labute approximate surface area is 189 Å². The maximum atomic E-state index is 12.8. The van der Waals surface area contributed by atoms with E-state index in [1.54, 1.807) is 24.1 Å². The normalized spacial score (nSPS) is 19.1. The molecule has 2 aliphatic heterocycles. The fraction of sp³-hybridized carbons (Fsp3) is 0.440. The topological polar surface area (TPSA) is 65.1 Å². The van der Waals surface area contributed by atoms with Gasteiger partial charge in [-0.2, -0.15) is 0 Å². The van der Waals surface area contributed by atoms with Crippen molar-refractivity contribution in [2.75, 3.05) is 57.8 Å². The van der Waals surface area contributed by atoms with Crippen molar-refractivity contribution in [1.82, 2.24) is 15.1 Å². The number of anilines is 1. The van der Waals surface area contributed by atoms with E-state index in [4.69, 9.17) is 4.74 Å². The lowest BCUT2D eigenvalue weighted by atomic mass is 10.1. The summed E-state index contributed by atoms with van der Waals surface area (Å²) in [5.41, 5.74) is 1.77. The third kappa shape index (κ3) is 5.05. The molecule has 0 radical (unpaired) electrons. The molecule has 0 spiro atoms. The van der Waals surface area contributed by atoms with E-state index >= 15 is 0 Å². The number of amides is 2. The van der Waals surface area contributed by atoms with Crippen LogP contribution < -0.4 is 15.0 Å². The first kappa shape index (κ1) is 22.1. The molecule has 4 rings (SSSR count). The largest absolute Gasteiger partial charge is 0.495 e. The minimum atomic E-state index is -0.370. The number of piperazine rings is 1. The second-order valence-corrected chi connectivity index (χ2v) is 8.31. The van der Waals surface area contributed by atoms with Crippen LogP contribution in [0.25, 0.3) is 0 Å². The Morgan fingerprint density at radius 2 is 1.69 bits per heavy atom. The maximum absolute atomic E-state index is 12.8. The highest BCUT2D eigenvalue weighted by Crippen LogP contribution is 2.28. The van der Waals surface area contributed by atoms with Crippen molar-refractivity contribution in [3.8, 4) is 5.75 Å². The molecule has 1 N–H and O–H groups in total. The number of nitrogens with zero attached hydrogens (tertiary/aromatic N) is 3. The first-order chi connectivity index (χ1) is 15.7. The quantitative estimate of drug-likeness (QED) is 0.721. The summed E-state index contributed by atoms with van der Waals surface area (Å²) in [4.78, 5) is 32.0. The van der Waals surface area contributed by atoms with Crippen LogP contribution in [0, 0.1) is 0 Å². The molecule has 2 aromatic rings. The van der Waals surface area contributed by atoms with Gasteiger partial charge in [0.25, 0.3) is 5.91 Å². The zero-order chi connectivity index (χ0) is 22.3. The van der Waals surface area contributed by atoms with Crippen LogP contribution in [0.15, 0.2) is 54.6 Å². The molecule has 2 heterocycles. The van der Waals surface area contributed by atoms with Gasteiger partial charge in [-0.1, -0.05) is 30.3 Å². The van der Waals surface area contributed by atoms with Gasteiger partial charge in [-0.15, -0.1) is 0 Å². The molecule has 1 atom stereocenters. The molecule has 2 aromatic carbocycles. The minimum Gasteiger partial charge on any atom is -0.495 e. The molecule has 2 saturated heterocycles. The molecule has 0 aliphatic carbocycles. The highest BCUT2D eigenvalue weighted by atomic mass is 16.5. The third-order valence-corrected chi connectivity index (χ3v) is 6.36. The van der Waals surface area contributed by atoms with E-state index < -0.39 is 0 Å². The summed E-state index contributed by atoms with van der Waals surface area (Å²) in [6, 6.07) is 16.9. The monoisotopic (exact) mass is 436 g/mol. The van der Waals surface area contributed by atoms with E-state index in [-0.39, 0.29) is 17.9 Å². The standard InChI is InChI=1S/C25H32N4O3/c1-32-23-12-6-5-10-21(23)28-18-16-27(17-19-28)15-13-26-24(30)22-11-7-14-29(22)25(31)20-8-3-2-4-9-20/h2-6,8-10,12,22H,7,11,13-19H2,1H3,(H,26,30)/t22-/m0/s1. The second-order valence-electron chi connectivity index (χ2n) is 8.31. The van der Waals surface area contributed by atoms with Gasteiger partial charge in [0, 0.05) is 51.4 Å². The molecule has 2 fully saturated rings. The molecule has 0 saturated carbocycles. The molecule has 32 heavy (non-hydrogen) atoms. The van der Waals surface area contributed by atoms with E-state index in [2.05, 4.69) is 21.2 Å². The summed E-state index contributed by atoms with van der Waals surface area (Å²) < 4.78 is 5.49. The predicted molar refractivity (Wildman–Crippen MR) is 125 cm³/mol. The zero-order valence-corrected chi connectivity index (χ0v) is 18.7. The van der Waals surface area contributed by atoms with Crippen molar-refractivity contribution < 1.29 is 14.3 Å². The number of para-hydroxylation sites is 2. The highest BCUT2D eigenvalue weighted by molar-refractivity contribution is 5.97. The van der Waals surface area contributed by atoms with E-state index in [1.807, 2.05) is 36.4 Å². The number of rotatable bonds is 7. The Bertz CT molecular complexity index is 912. The van der Waals surface area contributed by atoms with Crippen molar-refractivity contribution in [2.45, 2.75) is 18.9 Å². The van der Waals surface area contributed by atoms with Crippen LogP contribution in [0.3, 0.4) is 0 Å². The van der Waals surface area contributed by atoms with Gasteiger partial charge in [-0.25, -0.2) is 0 Å². The van der Waals surface area contributed by atoms with Crippen LogP contribution in [0.4, 0.5) is 5.69 Å². The Balaban J connectivity index is 1.23. The Hall–Kier alpha value is -3.06. The van der Waals surface area contributed by atoms with Crippen LogP contribution in [-0.2, 0) is 4.79 Å². The van der Waals surface area contributed by atoms with Crippen LogP contribution in [0.2, 0.25) is 0 Å². The van der Waals surface area contributed by atoms with E-state index in [1.165, 1.54) is 0 Å². The smallest absolute Gasteiger partial charge is 0.254 e. The number of carbonyl (C=O) groups excluding carboxylic acids is 2. The first-order valence-corrected chi connectivity index (χ1v) is 11.4. The summed E-state index contributed by atoms with van der Waals surface area (Å²) in [5.74, 6) is 0.800. The van der Waals surface area contributed by atoms with Crippen LogP contribution in [0.5, 0.6) is 5.75 Å². The van der Waals surface area contributed by atoms with Crippen LogP contribution in [-0.4, -0.2) is 80.6 Å². The Morgan fingerprint density at radius 1 is 0.969 bits per heavy atom. The number of carbonyl (C=O) groups is 2. The van der Waals surface area contributed by atoms with Crippen molar-refractivity contribution in [2.24, 2.45) is 0 Å². The van der Waals surface area contributed by atoms with E-state index in [9.17, 15) is 9.59 Å². The van der Waals surface area contributed by atoms with Crippen molar-refractivity contribution in [3.05, 3.63) is 60.2 Å². The van der Waals surface area contributed by atoms with Crippen LogP contribution in [0.1, 0.15) is 23.2 Å². The van der Waals surface area contributed by atoms with Gasteiger partial charge in [0.2, 0.25) is 5.91 Å². The Kier molecular flexibility index (Phi) is 7.27. The number of methoxy groups -OCH3 is 1. The number of likely N-dealkylation sites (tertiary alicyclic amines) is 1. The zero-order valence-electron chi connectivity index (χ0n) is 18.7. The SMILES string of the molecule is COc1ccccc1N1CCN(CCNC(=O)[C@@H]2CCCN2C(=O)c2ccccc2)CC1. The number of hydrogen-bond donors (Lipinski definition) is 1. The summed E-state index contributed by atoms with van der Waals surface area (Å²) in [6.45, 7) is 5.78. The maximum Gasteiger partial charge on any atom is 0.254 e.